The average molecular weight is 217 g/mol. The molecule has 0 spiro atoms. The van der Waals surface area contributed by atoms with Gasteiger partial charge in [0.25, 0.3) is 0 Å². The van der Waals surface area contributed by atoms with Crippen molar-refractivity contribution in [1.29, 1.82) is 5.26 Å². The van der Waals surface area contributed by atoms with Gasteiger partial charge in [-0.2, -0.15) is 5.26 Å². The Hall–Kier alpha value is -2.02. The number of amides is 1. The van der Waals surface area contributed by atoms with E-state index in [1.807, 2.05) is 6.07 Å². The number of nitrogens with zero attached hydrogens (tertiary/aromatic N) is 1. The highest BCUT2D eigenvalue weighted by Gasteiger charge is 2.16. The molecule has 0 aliphatic carbocycles. The maximum Gasteiger partial charge on any atom is 0.412 e. The van der Waals surface area contributed by atoms with Gasteiger partial charge in [0.2, 0.25) is 0 Å². The number of anilines is 1. The summed E-state index contributed by atoms with van der Waals surface area (Å²) in [6, 6.07) is 9.42. The molecule has 1 rings (SSSR count). The molecular weight excluding hydrogens is 204 g/mol. The molecule has 1 N–H and O–H groups in total. The van der Waals surface area contributed by atoms with Crippen LogP contribution in [-0.4, -0.2) is 11.7 Å². The first kappa shape index (κ1) is 12.1. The molecule has 1 aromatic rings. The lowest BCUT2D eigenvalue weighted by atomic mass is 10.2. The maximum atomic E-state index is 11.4. The van der Waals surface area contributed by atoms with E-state index in [1.165, 1.54) is 6.07 Å². The van der Waals surface area contributed by atoms with Crippen LogP contribution in [0.3, 0.4) is 0 Å². The molecule has 1 amide bonds. The second-order valence-corrected chi connectivity index (χ2v) is 4.23. The molecule has 0 aromatic heterocycles. The number of nitriles is 1. The first-order valence-electron chi connectivity index (χ1n) is 4.82. The lowest BCUT2D eigenvalue weighted by molar-refractivity contribution is 0.0636. The number of carbonyl (C=O) groups is 1. The quantitative estimate of drug-likeness (QED) is 0.786. The van der Waals surface area contributed by atoms with Crippen molar-refractivity contribution < 1.29 is 9.53 Å². The summed E-state index contributed by atoms with van der Waals surface area (Å²) in [5, 5.41) is 11.2. The van der Waals surface area contributed by atoms with Gasteiger partial charge < -0.3 is 4.74 Å². The Kier molecular flexibility index (Phi) is 3.51. The van der Waals surface area contributed by atoms with E-state index in [0.29, 0.717) is 11.3 Å². The van der Waals surface area contributed by atoms with E-state index in [0.717, 1.165) is 0 Å². The van der Waals surface area contributed by atoms with Crippen LogP contribution in [0.4, 0.5) is 10.5 Å². The minimum Gasteiger partial charge on any atom is -0.444 e. The predicted octanol–water partition coefficient (Wildman–Crippen LogP) is 2.71. The average Bonchev–Trinajstić information content (AvgIpc) is 2.15. The van der Waals surface area contributed by atoms with Crippen molar-refractivity contribution in [1.82, 2.24) is 0 Å². The lowest BCUT2D eigenvalue weighted by Crippen LogP contribution is -2.27. The Morgan fingerprint density at radius 1 is 1.56 bits per heavy atom. The maximum absolute atomic E-state index is 11.4. The first-order valence-corrected chi connectivity index (χ1v) is 4.82. The predicted molar refractivity (Wildman–Crippen MR) is 59.8 cm³/mol. The van der Waals surface area contributed by atoms with Crippen molar-refractivity contribution in [3.05, 3.63) is 29.8 Å². The van der Waals surface area contributed by atoms with Gasteiger partial charge in [-0.3, -0.25) is 5.32 Å². The van der Waals surface area contributed by atoms with Crippen LogP contribution in [0.1, 0.15) is 26.3 Å². The van der Waals surface area contributed by atoms with Gasteiger partial charge in [-0.25, -0.2) is 4.79 Å². The van der Waals surface area contributed by atoms with Gasteiger partial charge in [0.05, 0.1) is 11.6 Å². The number of hydrogen-bond donors (Lipinski definition) is 1. The summed E-state index contributed by atoms with van der Waals surface area (Å²) < 4.78 is 5.07. The third-order valence-corrected chi connectivity index (χ3v) is 1.57. The van der Waals surface area contributed by atoms with Crippen LogP contribution in [-0.2, 0) is 4.74 Å². The summed E-state index contributed by atoms with van der Waals surface area (Å²) in [5.74, 6) is 0. The third kappa shape index (κ3) is 4.01. The Labute approximate surface area is 94.8 Å². The summed E-state index contributed by atoms with van der Waals surface area (Å²) in [6.07, 6.45) is -0.539. The number of hydrogen-bond acceptors (Lipinski definition) is 3. The van der Waals surface area contributed by atoms with E-state index >= 15 is 0 Å². The van der Waals surface area contributed by atoms with E-state index in [4.69, 9.17) is 10.00 Å². The number of rotatable bonds is 1. The zero-order chi connectivity index (χ0) is 12.2. The minimum absolute atomic E-state index is 0.369. The highest BCUT2D eigenvalue weighted by Crippen LogP contribution is 2.12. The number of nitrogens with one attached hydrogen (secondary N) is 1. The smallest absolute Gasteiger partial charge is 0.412 e. The topological polar surface area (TPSA) is 62.1 Å². The van der Waals surface area contributed by atoms with Gasteiger partial charge in [0.1, 0.15) is 5.60 Å². The molecule has 0 aliphatic heterocycles. The van der Waals surface area contributed by atoms with Crippen LogP contribution in [0, 0.1) is 17.4 Å². The lowest BCUT2D eigenvalue weighted by Gasteiger charge is -2.19. The van der Waals surface area contributed by atoms with E-state index in [9.17, 15) is 4.79 Å². The summed E-state index contributed by atoms with van der Waals surface area (Å²) in [6.45, 7) is 5.35. The third-order valence-electron chi connectivity index (χ3n) is 1.57. The Bertz CT molecular complexity index is 427. The second kappa shape index (κ2) is 4.67. The van der Waals surface area contributed by atoms with Crippen LogP contribution < -0.4 is 5.32 Å². The van der Waals surface area contributed by atoms with Crippen LogP contribution in [0.2, 0.25) is 0 Å². The zero-order valence-electron chi connectivity index (χ0n) is 9.50. The molecule has 0 fully saturated rings. The number of benzene rings is 1. The summed E-state index contributed by atoms with van der Waals surface area (Å²) in [5.41, 5.74) is 0.348. The van der Waals surface area contributed by atoms with Crippen molar-refractivity contribution in [2.45, 2.75) is 26.4 Å². The number of carbonyl (C=O) groups excluding carboxylic acids is 1. The van der Waals surface area contributed by atoms with Gasteiger partial charge in [-0.1, -0.05) is 6.07 Å². The fraction of sp³-hybridized carbons (Fsp3) is 0.333. The highest BCUT2D eigenvalue weighted by molar-refractivity contribution is 5.85. The van der Waals surface area contributed by atoms with Gasteiger partial charge in [-0.15, -0.1) is 0 Å². The summed E-state index contributed by atoms with van der Waals surface area (Å²) >= 11 is 0. The van der Waals surface area contributed by atoms with E-state index in [2.05, 4.69) is 11.4 Å². The molecule has 83 valence electrons. The first-order chi connectivity index (χ1) is 7.40. The molecule has 1 radical (unpaired) electrons. The SMILES string of the molecule is CC(C)(C)OC(=O)Nc1cc[c]c(C#N)c1. The van der Waals surface area contributed by atoms with Crippen LogP contribution >= 0.6 is 0 Å². The minimum atomic E-state index is -0.539. The Morgan fingerprint density at radius 2 is 2.25 bits per heavy atom. The van der Waals surface area contributed by atoms with Gasteiger partial charge in [-0.05, 0) is 32.9 Å². The standard InChI is InChI=1S/C12H13N2O2/c1-12(2,3)16-11(15)14-10-6-4-5-9(7-10)8-13/h4,6-7H,1-3H3,(H,14,15). The van der Waals surface area contributed by atoms with Gasteiger partial charge in [0, 0.05) is 11.8 Å². The van der Waals surface area contributed by atoms with Crippen molar-refractivity contribution in [2.24, 2.45) is 0 Å². The van der Waals surface area contributed by atoms with Crippen molar-refractivity contribution >= 4 is 11.8 Å². The Balaban J connectivity index is 2.67. The molecule has 0 atom stereocenters. The molecule has 0 saturated carbocycles. The normalized spacial score (nSPS) is 10.4. The summed E-state index contributed by atoms with van der Waals surface area (Å²) in [4.78, 5) is 11.4. The molecule has 1 aromatic carbocycles. The molecular formula is C12H13N2O2. The largest absolute Gasteiger partial charge is 0.444 e. The van der Waals surface area contributed by atoms with Crippen LogP contribution in [0.15, 0.2) is 18.2 Å². The zero-order valence-corrected chi connectivity index (χ0v) is 9.50. The van der Waals surface area contributed by atoms with Crippen LogP contribution in [0.25, 0.3) is 0 Å². The fourth-order valence-corrected chi connectivity index (χ4v) is 1.03. The van der Waals surface area contributed by atoms with Crippen molar-refractivity contribution in [2.75, 3.05) is 5.32 Å². The molecule has 0 unspecified atom stereocenters. The fourth-order valence-electron chi connectivity index (χ4n) is 1.03. The molecule has 4 nitrogen and oxygen atoms in total. The van der Waals surface area contributed by atoms with Crippen LogP contribution in [0.5, 0.6) is 0 Å². The van der Waals surface area contributed by atoms with E-state index in [1.54, 1.807) is 32.9 Å². The van der Waals surface area contributed by atoms with E-state index in [-0.39, 0.29) is 0 Å². The van der Waals surface area contributed by atoms with Crippen molar-refractivity contribution in [3.63, 3.8) is 0 Å². The molecule has 4 heteroatoms. The van der Waals surface area contributed by atoms with Gasteiger partial charge in [0.15, 0.2) is 0 Å². The second-order valence-electron chi connectivity index (χ2n) is 4.23. The monoisotopic (exact) mass is 217 g/mol. The molecule has 0 saturated heterocycles. The molecule has 0 heterocycles. The summed E-state index contributed by atoms with van der Waals surface area (Å²) in [7, 11) is 0. The highest BCUT2D eigenvalue weighted by atomic mass is 16.6. The Morgan fingerprint density at radius 3 is 2.81 bits per heavy atom. The molecule has 0 bridgehead atoms. The number of ether oxygens (including phenoxy) is 1. The van der Waals surface area contributed by atoms with E-state index < -0.39 is 11.7 Å². The molecule has 0 aliphatic rings. The van der Waals surface area contributed by atoms with Crippen molar-refractivity contribution in [3.8, 4) is 6.07 Å². The molecule has 16 heavy (non-hydrogen) atoms. The van der Waals surface area contributed by atoms with Gasteiger partial charge >= 0.3 is 6.09 Å².